The van der Waals surface area contributed by atoms with Crippen molar-refractivity contribution >= 4 is 58.0 Å². The van der Waals surface area contributed by atoms with Gasteiger partial charge in [-0.25, -0.2) is 0 Å². The maximum Gasteiger partial charge on any atom is 0.258 e. The first-order chi connectivity index (χ1) is 22.9. The van der Waals surface area contributed by atoms with E-state index in [1.807, 2.05) is 39.1 Å². The van der Waals surface area contributed by atoms with Gasteiger partial charge in [0.1, 0.15) is 11.9 Å². The highest BCUT2D eigenvalue weighted by atomic mass is 35.5. The Morgan fingerprint density at radius 3 is 2.42 bits per heavy atom. The second kappa shape index (κ2) is 17.5. The zero-order chi connectivity index (χ0) is 34.8. The third-order valence-electron chi connectivity index (χ3n) is 8.42. The van der Waals surface area contributed by atoms with E-state index in [4.69, 9.17) is 33.7 Å². The molecule has 5 N–H and O–H groups in total. The van der Waals surface area contributed by atoms with Crippen molar-refractivity contribution in [1.82, 2.24) is 9.80 Å². The van der Waals surface area contributed by atoms with E-state index in [1.54, 1.807) is 47.4 Å². The number of para-hydroxylation sites is 2. The maximum atomic E-state index is 13.8. The van der Waals surface area contributed by atoms with Crippen molar-refractivity contribution in [3.05, 3.63) is 81.8 Å². The Kier molecular flexibility index (Phi) is 13.5. The average molecular weight is 699 g/mol. The molecule has 1 aliphatic rings. The van der Waals surface area contributed by atoms with Gasteiger partial charge >= 0.3 is 0 Å². The molecule has 3 amide bonds. The first kappa shape index (κ1) is 37.0. The van der Waals surface area contributed by atoms with Gasteiger partial charge < -0.3 is 31.1 Å². The fraction of sp³-hybridized carbons (Fsp3) is 0.417. The smallest absolute Gasteiger partial charge is 0.258 e. The van der Waals surface area contributed by atoms with E-state index in [0.717, 1.165) is 5.56 Å². The van der Waals surface area contributed by atoms with Gasteiger partial charge in [0.25, 0.3) is 5.91 Å². The predicted molar refractivity (Wildman–Crippen MR) is 192 cm³/mol. The van der Waals surface area contributed by atoms with Crippen LogP contribution in [0, 0.1) is 5.92 Å². The van der Waals surface area contributed by atoms with Crippen molar-refractivity contribution in [3.8, 4) is 5.75 Å². The third kappa shape index (κ3) is 10.3. The second-order valence-electron chi connectivity index (χ2n) is 12.5. The number of benzene rings is 3. The number of nitrogens with two attached hydrogens (primary N) is 1. The lowest BCUT2D eigenvalue weighted by Crippen LogP contribution is -2.49. The molecule has 1 heterocycles. The van der Waals surface area contributed by atoms with Gasteiger partial charge in [0.05, 0.1) is 39.6 Å². The molecule has 258 valence electrons. The third-order valence-corrected chi connectivity index (χ3v) is 9.16. The fourth-order valence-electron chi connectivity index (χ4n) is 5.63. The zero-order valence-corrected chi connectivity index (χ0v) is 29.2. The number of ether oxygens (including phenoxy) is 1. The van der Waals surface area contributed by atoms with Gasteiger partial charge in [-0.3, -0.25) is 19.3 Å². The Hall–Kier alpha value is -3.83. The first-order valence-corrected chi connectivity index (χ1v) is 17.0. The number of halogens is 2. The summed E-state index contributed by atoms with van der Waals surface area (Å²) in [7, 11) is 1.99. The van der Waals surface area contributed by atoms with Crippen molar-refractivity contribution in [2.45, 2.75) is 64.6 Å². The van der Waals surface area contributed by atoms with Gasteiger partial charge in [0.15, 0.2) is 0 Å². The summed E-state index contributed by atoms with van der Waals surface area (Å²) in [6.07, 6.45) is 2.28. The maximum absolute atomic E-state index is 13.8. The minimum atomic E-state index is -0.411. The molecule has 0 fully saturated rings. The molecule has 12 heteroatoms. The average Bonchev–Trinajstić information content (AvgIpc) is 3.05. The molecule has 0 aliphatic carbocycles. The van der Waals surface area contributed by atoms with Crippen molar-refractivity contribution in [2.75, 3.05) is 43.1 Å². The quantitative estimate of drug-likeness (QED) is 0.112. The Morgan fingerprint density at radius 1 is 1.02 bits per heavy atom. The van der Waals surface area contributed by atoms with E-state index >= 15 is 0 Å². The van der Waals surface area contributed by atoms with Crippen LogP contribution in [0.5, 0.6) is 5.75 Å². The van der Waals surface area contributed by atoms with Crippen LogP contribution in [-0.2, 0) is 16.1 Å². The highest BCUT2D eigenvalue weighted by Gasteiger charge is 2.33. The van der Waals surface area contributed by atoms with Gasteiger partial charge in [-0.05, 0) is 74.8 Å². The molecule has 0 unspecified atom stereocenters. The lowest BCUT2D eigenvalue weighted by atomic mass is 9.99. The van der Waals surface area contributed by atoms with Crippen molar-refractivity contribution in [3.63, 3.8) is 0 Å². The highest BCUT2D eigenvalue weighted by Crippen LogP contribution is 2.31. The van der Waals surface area contributed by atoms with Gasteiger partial charge in [-0.1, -0.05) is 54.7 Å². The lowest BCUT2D eigenvalue weighted by Gasteiger charge is -2.38. The van der Waals surface area contributed by atoms with Crippen LogP contribution in [0.2, 0.25) is 10.0 Å². The van der Waals surface area contributed by atoms with Crippen LogP contribution < -0.4 is 21.1 Å². The molecule has 48 heavy (non-hydrogen) atoms. The van der Waals surface area contributed by atoms with Crippen LogP contribution in [0.4, 0.5) is 17.1 Å². The molecule has 3 atom stereocenters. The Bertz CT molecular complexity index is 1590. The summed E-state index contributed by atoms with van der Waals surface area (Å²) >= 11 is 12.3. The van der Waals surface area contributed by atoms with Gasteiger partial charge in [0, 0.05) is 44.1 Å². The summed E-state index contributed by atoms with van der Waals surface area (Å²) in [4.78, 5) is 42.6. The standard InChI is InChI=1S/C36H45Cl2N5O5/c1-23-19-43(24(2)22-44)36(47)27-18-26(40-34(45)11-5-4-6-12-35(46)41-31-10-8-7-9-30(31)39)14-16-32(27)48-33(23)21-42(3)20-25-13-15-28(37)29(38)17-25/h7-10,13-18,23-24,33,44H,4-6,11-12,19-22,39H2,1-3H3,(H,40,45)(H,41,46)/t23-,24-,33-/m0/s1. The Balaban J connectivity index is 1.36. The van der Waals surface area contributed by atoms with Crippen LogP contribution in [0.25, 0.3) is 0 Å². The van der Waals surface area contributed by atoms with Crippen LogP contribution in [-0.4, -0.2) is 71.5 Å². The number of nitrogens with zero attached hydrogens (tertiary/aromatic N) is 2. The van der Waals surface area contributed by atoms with E-state index in [-0.39, 0.29) is 42.8 Å². The van der Waals surface area contributed by atoms with Gasteiger partial charge in [-0.2, -0.15) is 0 Å². The number of anilines is 3. The number of nitrogen functional groups attached to an aromatic ring is 1. The molecule has 1 aliphatic heterocycles. The van der Waals surface area contributed by atoms with Crippen LogP contribution >= 0.6 is 23.2 Å². The predicted octanol–water partition coefficient (Wildman–Crippen LogP) is 6.46. The van der Waals surface area contributed by atoms with E-state index in [2.05, 4.69) is 15.5 Å². The fourth-order valence-corrected chi connectivity index (χ4v) is 5.96. The number of carbonyl (C=O) groups is 3. The van der Waals surface area contributed by atoms with Crippen LogP contribution in [0.3, 0.4) is 0 Å². The number of hydrogen-bond donors (Lipinski definition) is 4. The van der Waals surface area contributed by atoms with Gasteiger partial charge in [-0.15, -0.1) is 0 Å². The van der Waals surface area contributed by atoms with Crippen molar-refractivity contribution < 1.29 is 24.2 Å². The van der Waals surface area contributed by atoms with Gasteiger partial charge in [0.2, 0.25) is 11.8 Å². The molecule has 0 bridgehead atoms. The number of hydrogen-bond acceptors (Lipinski definition) is 7. The molecular weight excluding hydrogens is 653 g/mol. The summed E-state index contributed by atoms with van der Waals surface area (Å²) in [5.74, 6) is -0.207. The zero-order valence-electron chi connectivity index (χ0n) is 27.7. The Labute approximate surface area is 292 Å². The van der Waals surface area contributed by atoms with E-state index < -0.39 is 6.04 Å². The molecule has 0 radical (unpaired) electrons. The summed E-state index contributed by atoms with van der Waals surface area (Å²) in [6, 6.07) is 17.3. The molecule has 0 saturated heterocycles. The monoisotopic (exact) mass is 697 g/mol. The number of aliphatic hydroxyl groups is 1. The minimum absolute atomic E-state index is 0.0470. The SMILES string of the molecule is C[C@H]1CN([C@@H](C)CO)C(=O)c2cc(NC(=O)CCCCCC(=O)Nc3ccccc3N)ccc2O[C@H]1CN(C)Cc1ccc(Cl)c(Cl)c1. The summed E-state index contributed by atoms with van der Waals surface area (Å²) in [6.45, 7) is 5.23. The van der Waals surface area contributed by atoms with Crippen LogP contribution in [0.1, 0.15) is 61.9 Å². The van der Waals surface area contributed by atoms with Crippen molar-refractivity contribution in [2.24, 2.45) is 5.92 Å². The highest BCUT2D eigenvalue weighted by molar-refractivity contribution is 6.42. The van der Waals surface area contributed by atoms with E-state index in [9.17, 15) is 19.5 Å². The first-order valence-electron chi connectivity index (χ1n) is 16.2. The van der Waals surface area contributed by atoms with Crippen LogP contribution in [0.15, 0.2) is 60.7 Å². The minimum Gasteiger partial charge on any atom is -0.488 e. The number of aliphatic hydroxyl groups excluding tert-OH is 1. The molecule has 10 nitrogen and oxygen atoms in total. The topological polar surface area (TPSA) is 137 Å². The summed E-state index contributed by atoms with van der Waals surface area (Å²) < 4.78 is 6.50. The molecule has 0 saturated carbocycles. The number of fused-ring (bicyclic) bond motifs is 1. The largest absolute Gasteiger partial charge is 0.488 e. The number of nitrogens with one attached hydrogen (secondary N) is 2. The normalized spacial score (nSPS) is 16.8. The molecule has 0 aromatic heterocycles. The summed E-state index contributed by atoms with van der Waals surface area (Å²) in [5.41, 5.74) is 8.80. The molecule has 4 rings (SSSR count). The van der Waals surface area contributed by atoms with E-state index in [1.165, 1.54) is 0 Å². The molecule has 3 aromatic carbocycles. The number of likely N-dealkylation sites (N-methyl/N-ethyl adjacent to an activating group) is 1. The second-order valence-corrected chi connectivity index (χ2v) is 13.3. The van der Waals surface area contributed by atoms with E-state index in [0.29, 0.717) is 83.7 Å². The number of amides is 3. The van der Waals surface area contributed by atoms with Crippen molar-refractivity contribution in [1.29, 1.82) is 0 Å². The summed E-state index contributed by atoms with van der Waals surface area (Å²) in [5, 5.41) is 16.7. The molecular formula is C36H45Cl2N5O5. The Morgan fingerprint density at radius 2 is 1.73 bits per heavy atom. The number of rotatable bonds is 14. The molecule has 0 spiro atoms. The number of unbranched alkanes of at least 4 members (excludes halogenated alkanes) is 2. The molecule has 3 aromatic rings. The lowest BCUT2D eigenvalue weighted by molar-refractivity contribution is -0.116. The number of carbonyl (C=O) groups excluding carboxylic acids is 3.